The fraction of sp³-hybridized carbons (Fsp3) is 0.278. The minimum absolute atomic E-state index is 0.0618. The van der Waals surface area contributed by atoms with E-state index in [-0.39, 0.29) is 6.03 Å². The molecule has 3 nitrogen and oxygen atoms in total. The second-order valence-corrected chi connectivity index (χ2v) is 5.25. The predicted molar refractivity (Wildman–Crippen MR) is 87.5 cm³/mol. The van der Waals surface area contributed by atoms with Crippen molar-refractivity contribution in [1.82, 2.24) is 4.90 Å². The van der Waals surface area contributed by atoms with Crippen molar-refractivity contribution in [2.45, 2.75) is 27.3 Å². The smallest absolute Gasteiger partial charge is 0.320 e. The van der Waals surface area contributed by atoms with Crippen LogP contribution in [-0.2, 0) is 6.54 Å². The van der Waals surface area contributed by atoms with Crippen molar-refractivity contribution in [3.05, 3.63) is 65.2 Å². The van der Waals surface area contributed by atoms with Crippen LogP contribution in [0.2, 0.25) is 0 Å². The van der Waals surface area contributed by atoms with Crippen molar-refractivity contribution in [2.75, 3.05) is 11.9 Å². The van der Waals surface area contributed by atoms with Gasteiger partial charge >= 0.3 is 6.03 Å². The first kappa shape index (κ1) is 15.1. The molecule has 0 saturated carbocycles. The highest BCUT2D eigenvalue weighted by Gasteiger charge is 2.13. The van der Waals surface area contributed by atoms with Crippen LogP contribution >= 0.6 is 0 Å². The number of benzene rings is 2. The number of hydrogen-bond acceptors (Lipinski definition) is 1. The third kappa shape index (κ3) is 4.09. The fourth-order valence-corrected chi connectivity index (χ4v) is 2.28. The van der Waals surface area contributed by atoms with E-state index in [1.807, 2.05) is 63.2 Å². The minimum atomic E-state index is -0.0618. The Balaban J connectivity index is 2.06. The van der Waals surface area contributed by atoms with Gasteiger partial charge in [-0.1, -0.05) is 48.0 Å². The van der Waals surface area contributed by atoms with Crippen LogP contribution in [0.5, 0.6) is 0 Å². The summed E-state index contributed by atoms with van der Waals surface area (Å²) in [6.45, 7) is 7.34. The molecule has 0 radical (unpaired) electrons. The molecule has 0 fully saturated rings. The molecule has 0 spiro atoms. The molecule has 2 aromatic carbocycles. The molecule has 0 aromatic heterocycles. The van der Waals surface area contributed by atoms with Gasteiger partial charge in [-0.05, 0) is 38.0 Å². The molecule has 110 valence electrons. The summed E-state index contributed by atoms with van der Waals surface area (Å²) in [5, 5.41) is 3.00. The lowest BCUT2D eigenvalue weighted by molar-refractivity contribution is 0.212. The molecule has 0 aliphatic heterocycles. The van der Waals surface area contributed by atoms with Gasteiger partial charge in [-0.15, -0.1) is 0 Å². The number of carbonyl (C=O) groups is 1. The Morgan fingerprint density at radius 2 is 1.81 bits per heavy atom. The number of urea groups is 1. The van der Waals surface area contributed by atoms with Crippen molar-refractivity contribution in [3.63, 3.8) is 0 Å². The van der Waals surface area contributed by atoms with E-state index in [2.05, 4.69) is 11.4 Å². The van der Waals surface area contributed by atoms with Crippen LogP contribution in [-0.4, -0.2) is 17.5 Å². The lowest BCUT2D eigenvalue weighted by Gasteiger charge is -2.22. The molecule has 0 heterocycles. The van der Waals surface area contributed by atoms with E-state index in [0.717, 1.165) is 16.8 Å². The largest absolute Gasteiger partial charge is 0.322 e. The van der Waals surface area contributed by atoms with E-state index in [4.69, 9.17) is 0 Å². The topological polar surface area (TPSA) is 32.3 Å². The van der Waals surface area contributed by atoms with Gasteiger partial charge in [-0.3, -0.25) is 0 Å². The maximum Gasteiger partial charge on any atom is 0.322 e. The second kappa shape index (κ2) is 6.93. The van der Waals surface area contributed by atoms with Gasteiger partial charge in [-0.2, -0.15) is 0 Å². The van der Waals surface area contributed by atoms with Gasteiger partial charge in [0.25, 0.3) is 0 Å². The molecule has 0 unspecified atom stereocenters. The van der Waals surface area contributed by atoms with E-state index in [9.17, 15) is 4.79 Å². The molecule has 0 aliphatic rings. The number of anilines is 1. The molecule has 21 heavy (non-hydrogen) atoms. The summed E-state index contributed by atoms with van der Waals surface area (Å²) in [6, 6.07) is 16.0. The van der Waals surface area contributed by atoms with E-state index in [0.29, 0.717) is 13.1 Å². The Morgan fingerprint density at radius 3 is 2.43 bits per heavy atom. The van der Waals surface area contributed by atoms with Gasteiger partial charge in [0.1, 0.15) is 0 Å². The fourth-order valence-electron chi connectivity index (χ4n) is 2.28. The first-order chi connectivity index (χ1) is 10.1. The number of nitrogens with one attached hydrogen (secondary N) is 1. The van der Waals surface area contributed by atoms with Crippen molar-refractivity contribution < 1.29 is 4.79 Å². The molecule has 1 N–H and O–H groups in total. The van der Waals surface area contributed by atoms with Gasteiger partial charge < -0.3 is 10.2 Å². The first-order valence-corrected chi connectivity index (χ1v) is 7.27. The molecule has 2 amide bonds. The number of amides is 2. The molecule has 0 aliphatic carbocycles. The van der Waals surface area contributed by atoms with E-state index >= 15 is 0 Å². The predicted octanol–water partition coefficient (Wildman–Crippen LogP) is 4.36. The molecule has 0 atom stereocenters. The second-order valence-electron chi connectivity index (χ2n) is 5.25. The van der Waals surface area contributed by atoms with Crippen LogP contribution in [0.3, 0.4) is 0 Å². The van der Waals surface area contributed by atoms with Gasteiger partial charge in [0.2, 0.25) is 0 Å². The van der Waals surface area contributed by atoms with Crippen molar-refractivity contribution in [2.24, 2.45) is 0 Å². The van der Waals surface area contributed by atoms with Crippen LogP contribution in [0, 0.1) is 13.8 Å². The number of carbonyl (C=O) groups excluding carboxylic acids is 1. The van der Waals surface area contributed by atoms with E-state index < -0.39 is 0 Å². The first-order valence-electron chi connectivity index (χ1n) is 7.27. The zero-order valence-corrected chi connectivity index (χ0v) is 12.9. The number of aryl methyl sites for hydroxylation is 2. The maximum atomic E-state index is 12.4. The summed E-state index contributed by atoms with van der Waals surface area (Å²) in [5.74, 6) is 0. The Morgan fingerprint density at radius 1 is 1.10 bits per heavy atom. The lowest BCUT2D eigenvalue weighted by atomic mass is 10.1. The third-order valence-electron chi connectivity index (χ3n) is 3.51. The monoisotopic (exact) mass is 282 g/mol. The van der Waals surface area contributed by atoms with E-state index in [1.54, 1.807) is 4.90 Å². The highest BCUT2D eigenvalue weighted by molar-refractivity contribution is 5.90. The number of nitrogens with zero attached hydrogens (tertiary/aromatic N) is 1. The van der Waals surface area contributed by atoms with Crippen LogP contribution < -0.4 is 5.32 Å². The normalized spacial score (nSPS) is 10.2. The Bertz CT molecular complexity index is 608. The highest BCUT2D eigenvalue weighted by Crippen LogP contribution is 2.17. The van der Waals surface area contributed by atoms with Crippen LogP contribution in [0.15, 0.2) is 48.5 Å². The van der Waals surface area contributed by atoms with Crippen LogP contribution in [0.1, 0.15) is 23.6 Å². The Labute approximate surface area is 126 Å². The van der Waals surface area contributed by atoms with Crippen LogP contribution in [0.4, 0.5) is 10.5 Å². The molecular weight excluding hydrogens is 260 g/mol. The quantitative estimate of drug-likeness (QED) is 0.888. The Hall–Kier alpha value is -2.29. The maximum absolute atomic E-state index is 12.4. The van der Waals surface area contributed by atoms with Gasteiger partial charge in [0.15, 0.2) is 0 Å². The standard InChI is InChI=1S/C18H22N2O/c1-4-20(13-16-8-6-5-7-9-16)18(21)19-17-11-10-14(2)12-15(17)3/h5-12H,4,13H2,1-3H3,(H,19,21). The third-order valence-corrected chi connectivity index (χ3v) is 3.51. The molecule has 0 saturated heterocycles. The number of rotatable bonds is 4. The summed E-state index contributed by atoms with van der Waals surface area (Å²) in [6.07, 6.45) is 0. The lowest BCUT2D eigenvalue weighted by Crippen LogP contribution is -2.34. The minimum Gasteiger partial charge on any atom is -0.320 e. The summed E-state index contributed by atoms with van der Waals surface area (Å²) in [5.41, 5.74) is 4.29. The summed E-state index contributed by atoms with van der Waals surface area (Å²) in [4.78, 5) is 14.2. The summed E-state index contributed by atoms with van der Waals surface area (Å²) < 4.78 is 0. The van der Waals surface area contributed by atoms with Crippen molar-refractivity contribution in [3.8, 4) is 0 Å². The molecule has 3 heteroatoms. The average molecular weight is 282 g/mol. The Kier molecular flexibility index (Phi) is 4.99. The average Bonchev–Trinajstić information content (AvgIpc) is 2.48. The van der Waals surface area contributed by atoms with Crippen molar-refractivity contribution >= 4 is 11.7 Å². The van der Waals surface area contributed by atoms with Gasteiger partial charge in [0, 0.05) is 18.8 Å². The molecular formula is C18H22N2O. The number of hydrogen-bond donors (Lipinski definition) is 1. The zero-order chi connectivity index (χ0) is 15.2. The molecule has 2 aromatic rings. The highest BCUT2D eigenvalue weighted by atomic mass is 16.2. The summed E-state index contributed by atoms with van der Waals surface area (Å²) >= 11 is 0. The SMILES string of the molecule is CCN(Cc1ccccc1)C(=O)Nc1ccc(C)cc1C. The van der Waals surface area contributed by atoms with E-state index in [1.165, 1.54) is 5.56 Å². The van der Waals surface area contributed by atoms with Gasteiger partial charge in [-0.25, -0.2) is 4.79 Å². The zero-order valence-electron chi connectivity index (χ0n) is 12.9. The van der Waals surface area contributed by atoms with Crippen LogP contribution in [0.25, 0.3) is 0 Å². The van der Waals surface area contributed by atoms with Gasteiger partial charge in [0.05, 0.1) is 0 Å². The molecule has 2 rings (SSSR count). The summed E-state index contributed by atoms with van der Waals surface area (Å²) in [7, 11) is 0. The molecule has 0 bridgehead atoms. The van der Waals surface area contributed by atoms with Crippen molar-refractivity contribution in [1.29, 1.82) is 0 Å².